The van der Waals surface area contributed by atoms with Crippen LogP contribution in [0.4, 0.5) is 18.9 Å². The second-order valence-corrected chi connectivity index (χ2v) is 5.63. The molecule has 0 saturated carbocycles. The predicted octanol–water partition coefficient (Wildman–Crippen LogP) is 5.11. The number of rotatable bonds is 4. The Kier molecular flexibility index (Phi) is 4.55. The van der Waals surface area contributed by atoms with Crippen molar-refractivity contribution in [1.29, 1.82) is 0 Å². The van der Waals surface area contributed by atoms with Crippen molar-refractivity contribution < 1.29 is 22.6 Å². The molecule has 6 heteroatoms. The molecule has 0 spiro atoms. The fraction of sp³-hybridized carbons (Fsp3) is 0.333. The first-order chi connectivity index (χ1) is 11.5. The van der Waals surface area contributed by atoms with Gasteiger partial charge >= 0.3 is 6.18 Å². The number of para-hydroxylation sites is 2. The van der Waals surface area contributed by atoms with E-state index in [1.165, 1.54) is 13.2 Å². The highest BCUT2D eigenvalue weighted by molar-refractivity contribution is 5.62. The third-order valence-corrected chi connectivity index (χ3v) is 4.02. The van der Waals surface area contributed by atoms with Gasteiger partial charge in [0.15, 0.2) is 17.2 Å². The van der Waals surface area contributed by atoms with Crippen LogP contribution in [0.5, 0.6) is 17.2 Å². The summed E-state index contributed by atoms with van der Waals surface area (Å²) in [5.41, 5.74) is -0.204. The maximum absolute atomic E-state index is 13.1. The smallest absolute Gasteiger partial charge is 0.416 e. The Labute approximate surface area is 138 Å². The summed E-state index contributed by atoms with van der Waals surface area (Å²) in [6.45, 7) is 1.45. The minimum absolute atomic E-state index is 0.398. The minimum atomic E-state index is -4.38. The fourth-order valence-electron chi connectivity index (χ4n) is 2.81. The molecule has 0 unspecified atom stereocenters. The number of alkyl halides is 3. The fourth-order valence-corrected chi connectivity index (χ4v) is 2.81. The molecule has 0 aromatic heterocycles. The number of nitrogens with zero attached hydrogens (tertiary/aromatic N) is 1. The summed E-state index contributed by atoms with van der Waals surface area (Å²) < 4.78 is 50.3. The summed E-state index contributed by atoms with van der Waals surface area (Å²) in [5.74, 6) is 1.40. The minimum Gasteiger partial charge on any atom is -0.493 e. The van der Waals surface area contributed by atoms with Gasteiger partial charge in [-0.2, -0.15) is 13.2 Å². The molecule has 1 aliphatic heterocycles. The third kappa shape index (κ3) is 3.42. The highest BCUT2D eigenvalue weighted by Crippen LogP contribution is 2.41. The van der Waals surface area contributed by atoms with Crippen LogP contribution in [0.1, 0.15) is 18.4 Å². The molecular formula is C18H18F3NO2. The molecule has 0 amide bonds. The highest BCUT2D eigenvalue weighted by Gasteiger charge is 2.32. The van der Waals surface area contributed by atoms with Gasteiger partial charge in [-0.25, -0.2) is 0 Å². The van der Waals surface area contributed by atoms with Crippen LogP contribution in [-0.4, -0.2) is 20.2 Å². The van der Waals surface area contributed by atoms with Gasteiger partial charge in [-0.3, -0.25) is 0 Å². The zero-order chi connectivity index (χ0) is 17.2. The van der Waals surface area contributed by atoms with Crippen molar-refractivity contribution in [3.8, 4) is 17.2 Å². The van der Waals surface area contributed by atoms with Crippen LogP contribution in [-0.2, 0) is 6.18 Å². The maximum Gasteiger partial charge on any atom is 0.416 e. The Balaban J connectivity index is 2.00. The highest BCUT2D eigenvalue weighted by atomic mass is 19.4. The molecule has 0 radical (unpaired) electrons. The van der Waals surface area contributed by atoms with Crippen molar-refractivity contribution in [3.63, 3.8) is 0 Å². The van der Waals surface area contributed by atoms with Gasteiger partial charge in [0.25, 0.3) is 0 Å². The average molecular weight is 337 g/mol. The Morgan fingerprint density at radius 2 is 1.58 bits per heavy atom. The van der Waals surface area contributed by atoms with E-state index in [1.807, 2.05) is 4.90 Å². The summed E-state index contributed by atoms with van der Waals surface area (Å²) in [7, 11) is 1.52. The molecule has 128 valence electrons. The second kappa shape index (κ2) is 6.63. The van der Waals surface area contributed by atoms with Gasteiger partial charge in [0.1, 0.15) is 0 Å². The Morgan fingerprint density at radius 3 is 2.21 bits per heavy atom. The van der Waals surface area contributed by atoms with E-state index in [-0.39, 0.29) is 0 Å². The van der Waals surface area contributed by atoms with Crippen molar-refractivity contribution in [3.05, 3.63) is 48.0 Å². The first kappa shape index (κ1) is 16.5. The van der Waals surface area contributed by atoms with Crippen LogP contribution >= 0.6 is 0 Å². The quantitative estimate of drug-likeness (QED) is 0.774. The molecule has 1 saturated heterocycles. The maximum atomic E-state index is 13.1. The summed E-state index contributed by atoms with van der Waals surface area (Å²) in [4.78, 5) is 1.93. The van der Waals surface area contributed by atoms with Gasteiger partial charge in [0, 0.05) is 13.1 Å². The number of halogens is 3. The van der Waals surface area contributed by atoms with E-state index < -0.39 is 11.7 Å². The standard InChI is InChI=1S/C18H18F3NO2/c1-23-16-6-2-3-7-17(16)24-15-9-8-13(18(19,20)21)12-14(15)22-10-4-5-11-22/h2-3,6-9,12H,4-5,10-11H2,1H3. The summed E-state index contributed by atoms with van der Waals surface area (Å²) in [6.07, 6.45) is -2.45. The van der Waals surface area contributed by atoms with Crippen LogP contribution in [0.25, 0.3) is 0 Å². The third-order valence-electron chi connectivity index (χ3n) is 4.02. The first-order valence-corrected chi connectivity index (χ1v) is 7.76. The van der Waals surface area contributed by atoms with E-state index >= 15 is 0 Å². The topological polar surface area (TPSA) is 21.7 Å². The monoisotopic (exact) mass is 337 g/mol. The van der Waals surface area contributed by atoms with Gasteiger partial charge in [0.2, 0.25) is 0 Å². The van der Waals surface area contributed by atoms with E-state index in [0.29, 0.717) is 22.9 Å². The van der Waals surface area contributed by atoms with Crippen LogP contribution in [0.15, 0.2) is 42.5 Å². The van der Waals surface area contributed by atoms with E-state index in [1.54, 1.807) is 24.3 Å². The van der Waals surface area contributed by atoms with E-state index in [4.69, 9.17) is 9.47 Å². The number of ether oxygens (including phenoxy) is 2. The van der Waals surface area contributed by atoms with Gasteiger partial charge in [0.05, 0.1) is 18.4 Å². The zero-order valence-electron chi connectivity index (χ0n) is 13.3. The normalized spacial score (nSPS) is 14.8. The second-order valence-electron chi connectivity index (χ2n) is 5.63. The zero-order valence-corrected chi connectivity index (χ0v) is 13.3. The number of hydrogen-bond acceptors (Lipinski definition) is 3. The number of benzene rings is 2. The van der Waals surface area contributed by atoms with Crippen LogP contribution < -0.4 is 14.4 Å². The van der Waals surface area contributed by atoms with Crippen LogP contribution in [0.3, 0.4) is 0 Å². The lowest BCUT2D eigenvalue weighted by Crippen LogP contribution is -2.19. The van der Waals surface area contributed by atoms with E-state index in [9.17, 15) is 13.2 Å². The molecule has 3 rings (SSSR count). The van der Waals surface area contributed by atoms with Gasteiger partial charge < -0.3 is 14.4 Å². The SMILES string of the molecule is COc1ccccc1Oc1ccc(C(F)(F)F)cc1N1CCCC1. The molecule has 2 aromatic rings. The molecule has 1 heterocycles. The molecule has 2 aromatic carbocycles. The molecule has 0 bridgehead atoms. The Morgan fingerprint density at radius 1 is 0.917 bits per heavy atom. The molecule has 1 aliphatic rings. The lowest BCUT2D eigenvalue weighted by atomic mass is 10.1. The summed E-state index contributed by atoms with van der Waals surface area (Å²) in [6, 6.07) is 10.7. The number of hydrogen-bond donors (Lipinski definition) is 0. The lowest BCUT2D eigenvalue weighted by Gasteiger charge is -2.23. The molecule has 0 N–H and O–H groups in total. The summed E-state index contributed by atoms with van der Waals surface area (Å²) in [5, 5.41) is 0. The van der Waals surface area contributed by atoms with E-state index in [2.05, 4.69) is 0 Å². The molecule has 0 aliphatic carbocycles. The largest absolute Gasteiger partial charge is 0.493 e. The van der Waals surface area contributed by atoms with Crippen LogP contribution in [0.2, 0.25) is 0 Å². The molecule has 1 fully saturated rings. The molecule has 3 nitrogen and oxygen atoms in total. The first-order valence-electron chi connectivity index (χ1n) is 7.76. The predicted molar refractivity (Wildman–Crippen MR) is 86.0 cm³/mol. The average Bonchev–Trinajstić information content (AvgIpc) is 3.09. The van der Waals surface area contributed by atoms with Crippen molar-refractivity contribution in [1.82, 2.24) is 0 Å². The molecule has 24 heavy (non-hydrogen) atoms. The Bertz CT molecular complexity index is 710. The number of methoxy groups -OCH3 is 1. The van der Waals surface area contributed by atoms with Crippen molar-refractivity contribution in [2.45, 2.75) is 19.0 Å². The lowest BCUT2D eigenvalue weighted by molar-refractivity contribution is -0.137. The number of anilines is 1. The van der Waals surface area contributed by atoms with Gasteiger partial charge in [-0.1, -0.05) is 12.1 Å². The molecule has 0 atom stereocenters. The summed E-state index contributed by atoms with van der Waals surface area (Å²) >= 11 is 0. The van der Waals surface area contributed by atoms with E-state index in [0.717, 1.165) is 38.1 Å². The van der Waals surface area contributed by atoms with Crippen molar-refractivity contribution in [2.75, 3.05) is 25.1 Å². The Hall–Kier alpha value is -2.37. The van der Waals surface area contributed by atoms with Gasteiger partial charge in [-0.15, -0.1) is 0 Å². The van der Waals surface area contributed by atoms with Crippen LogP contribution in [0, 0.1) is 0 Å². The van der Waals surface area contributed by atoms with Gasteiger partial charge in [-0.05, 0) is 43.2 Å². The molecular weight excluding hydrogens is 319 g/mol. The van der Waals surface area contributed by atoms with Crippen molar-refractivity contribution in [2.24, 2.45) is 0 Å². The van der Waals surface area contributed by atoms with Crippen molar-refractivity contribution >= 4 is 5.69 Å².